The first-order chi connectivity index (χ1) is 16.1. The molecule has 182 valence electrons. The van der Waals surface area contributed by atoms with Crippen LogP contribution in [0.4, 0.5) is 10.1 Å². The summed E-state index contributed by atoms with van der Waals surface area (Å²) < 4.78 is 31.9. The van der Waals surface area contributed by atoms with E-state index < -0.39 is 5.82 Å². The topological polar surface area (TPSA) is 75.1 Å². The van der Waals surface area contributed by atoms with E-state index in [0.29, 0.717) is 29.2 Å². The number of anilines is 1. The van der Waals surface area contributed by atoms with Gasteiger partial charge >= 0.3 is 0 Å². The highest BCUT2D eigenvalue weighted by Crippen LogP contribution is 2.40. The summed E-state index contributed by atoms with van der Waals surface area (Å²) in [6, 6.07) is 5.22. The highest BCUT2D eigenvalue weighted by atomic mass is 19.1. The highest BCUT2D eigenvalue weighted by molar-refractivity contribution is 6.06. The molecule has 1 N–H and O–H groups in total. The predicted octanol–water partition coefficient (Wildman–Crippen LogP) is 4.75. The van der Waals surface area contributed by atoms with E-state index >= 15 is 4.39 Å². The predicted molar refractivity (Wildman–Crippen MR) is 132 cm³/mol. The van der Waals surface area contributed by atoms with Gasteiger partial charge in [0.25, 0.3) is 0 Å². The van der Waals surface area contributed by atoms with Crippen molar-refractivity contribution < 1.29 is 23.4 Å². The maximum Gasteiger partial charge on any atom is 0.197 e. The van der Waals surface area contributed by atoms with E-state index in [0.717, 1.165) is 16.8 Å². The van der Waals surface area contributed by atoms with E-state index in [-0.39, 0.29) is 42.6 Å². The minimum atomic E-state index is -0.633. The number of Topliss-reactive ketones (excluding diaryl/α,β-unsaturated/α-hetero) is 1. The maximum atomic E-state index is 15.3. The van der Waals surface area contributed by atoms with Crippen molar-refractivity contribution in [3.05, 3.63) is 52.8 Å². The first-order valence-electron chi connectivity index (χ1n) is 11.2. The maximum absolute atomic E-state index is 15.3. The lowest BCUT2D eigenvalue weighted by molar-refractivity contribution is 0.0962. The first kappa shape index (κ1) is 25.1. The number of ketones is 1. The number of nitrogens with one attached hydrogen (secondary N) is 1. The molecule has 0 radical (unpaired) electrons. The van der Waals surface area contributed by atoms with Crippen molar-refractivity contribution in [2.45, 2.75) is 27.3 Å². The van der Waals surface area contributed by atoms with Crippen LogP contribution >= 0.6 is 0 Å². The van der Waals surface area contributed by atoms with E-state index in [2.05, 4.69) is 6.58 Å². The van der Waals surface area contributed by atoms with E-state index in [9.17, 15) is 4.79 Å². The number of nitrogens with zero attached hydrogens (tertiary/aromatic N) is 2. The lowest BCUT2D eigenvalue weighted by atomic mass is 9.99. The summed E-state index contributed by atoms with van der Waals surface area (Å²) in [5.74, 6) is 0.0694. The molecule has 1 aliphatic rings. The van der Waals surface area contributed by atoms with E-state index in [1.807, 2.05) is 32.8 Å². The van der Waals surface area contributed by atoms with Crippen LogP contribution in [0.3, 0.4) is 0 Å². The molecule has 7 nitrogen and oxygen atoms in total. The van der Waals surface area contributed by atoms with Gasteiger partial charge in [-0.25, -0.2) is 4.39 Å². The third-order valence-corrected chi connectivity index (χ3v) is 5.64. The molecule has 2 aromatic rings. The molecular weight excluding hydrogens is 437 g/mol. The van der Waals surface area contributed by atoms with Gasteiger partial charge in [0.2, 0.25) is 0 Å². The zero-order valence-corrected chi connectivity index (χ0v) is 20.7. The Bertz CT molecular complexity index is 1140. The summed E-state index contributed by atoms with van der Waals surface area (Å²) in [7, 11) is 5.33. The van der Waals surface area contributed by atoms with Crippen molar-refractivity contribution >= 4 is 22.9 Å². The summed E-state index contributed by atoms with van der Waals surface area (Å²) in [4.78, 5) is 16.7. The molecule has 0 aliphatic carbocycles. The molecule has 0 unspecified atom stereocenters. The number of carbonyl (C=O) groups excluding carboxylic acids is 1. The fraction of sp³-hybridized carbons (Fsp3) is 0.385. The van der Waals surface area contributed by atoms with Gasteiger partial charge in [-0.15, -0.1) is 0 Å². The minimum absolute atomic E-state index is 0.00194. The Labute approximate surface area is 200 Å². The number of ether oxygens (including phenoxy) is 3. The molecular formula is C26H32FN3O4. The average Bonchev–Trinajstić information content (AvgIpc) is 3.10. The van der Waals surface area contributed by atoms with Crippen molar-refractivity contribution in [2.24, 2.45) is 0 Å². The van der Waals surface area contributed by atoms with Crippen LogP contribution in [-0.2, 0) is 6.54 Å². The van der Waals surface area contributed by atoms with Crippen LogP contribution in [0.2, 0.25) is 0 Å². The number of halogens is 1. The molecule has 0 saturated carbocycles. The van der Waals surface area contributed by atoms with Gasteiger partial charge in [-0.05, 0) is 50.1 Å². The monoisotopic (exact) mass is 469 g/mol. The lowest BCUT2D eigenvalue weighted by Crippen LogP contribution is -2.30. The first-order valence-corrected chi connectivity index (χ1v) is 11.2. The Morgan fingerprint density at radius 2 is 1.85 bits per heavy atom. The van der Waals surface area contributed by atoms with Gasteiger partial charge in [-0.3, -0.25) is 10.2 Å². The van der Waals surface area contributed by atoms with Crippen molar-refractivity contribution in [3.63, 3.8) is 0 Å². The molecule has 1 aliphatic heterocycles. The second-order valence-electron chi connectivity index (χ2n) is 8.30. The Morgan fingerprint density at radius 3 is 2.41 bits per heavy atom. The van der Waals surface area contributed by atoms with Crippen molar-refractivity contribution in [1.29, 1.82) is 5.41 Å². The van der Waals surface area contributed by atoms with Crippen LogP contribution in [0.5, 0.6) is 17.2 Å². The number of carbonyl (C=O) groups is 1. The molecule has 0 spiro atoms. The molecule has 0 amide bonds. The second-order valence-corrected chi connectivity index (χ2v) is 8.30. The summed E-state index contributed by atoms with van der Waals surface area (Å²) in [6.45, 7) is 10.2. The molecule has 0 bridgehead atoms. The van der Waals surface area contributed by atoms with E-state index in [1.165, 1.54) is 0 Å². The summed E-state index contributed by atoms with van der Waals surface area (Å²) in [6.07, 6.45) is 0. The SMILES string of the molecule is C=C(C)c1cc(C(=O)CN2Cc3cc(OCC)c(OCC)c(F)c3C2=N)cc(N(C)C)c1OC. The summed E-state index contributed by atoms with van der Waals surface area (Å²) in [5, 5.41) is 8.57. The zero-order chi connectivity index (χ0) is 25.2. The molecule has 1 heterocycles. The highest BCUT2D eigenvalue weighted by Gasteiger charge is 2.33. The molecule has 0 aromatic heterocycles. The van der Waals surface area contributed by atoms with Gasteiger partial charge in [-0.2, -0.15) is 0 Å². The van der Waals surface area contributed by atoms with Crippen LogP contribution in [0.15, 0.2) is 24.8 Å². The molecule has 0 atom stereocenters. The van der Waals surface area contributed by atoms with Gasteiger partial charge in [0.1, 0.15) is 11.6 Å². The summed E-state index contributed by atoms with van der Waals surface area (Å²) in [5.41, 5.74) is 3.46. The Kier molecular flexibility index (Phi) is 7.49. The van der Waals surface area contributed by atoms with Crippen molar-refractivity contribution in [1.82, 2.24) is 4.90 Å². The third kappa shape index (κ3) is 4.58. The number of allylic oxidation sites excluding steroid dienone is 1. The van der Waals surface area contributed by atoms with Crippen LogP contribution in [-0.4, -0.2) is 57.5 Å². The van der Waals surface area contributed by atoms with Crippen molar-refractivity contribution in [2.75, 3.05) is 45.9 Å². The minimum Gasteiger partial charge on any atom is -0.494 e. The number of hydrogen-bond donors (Lipinski definition) is 1. The summed E-state index contributed by atoms with van der Waals surface area (Å²) >= 11 is 0. The number of methoxy groups -OCH3 is 1. The van der Waals surface area contributed by atoms with Gasteiger partial charge in [0.15, 0.2) is 23.1 Å². The Hall–Kier alpha value is -3.55. The second kappa shape index (κ2) is 10.2. The van der Waals surface area contributed by atoms with Crippen molar-refractivity contribution in [3.8, 4) is 17.2 Å². The third-order valence-electron chi connectivity index (χ3n) is 5.64. The normalized spacial score (nSPS) is 12.4. The lowest BCUT2D eigenvalue weighted by Gasteiger charge is -2.22. The van der Waals surface area contributed by atoms with E-state index in [1.54, 1.807) is 37.1 Å². The Balaban J connectivity index is 1.94. The molecule has 2 aromatic carbocycles. The largest absolute Gasteiger partial charge is 0.494 e. The van der Waals surface area contributed by atoms with Gasteiger partial charge < -0.3 is 24.0 Å². The van der Waals surface area contributed by atoms with Crippen LogP contribution in [0.1, 0.15) is 47.8 Å². The fourth-order valence-electron chi connectivity index (χ4n) is 4.06. The van der Waals surface area contributed by atoms with Gasteiger partial charge in [-0.1, -0.05) is 6.58 Å². The van der Waals surface area contributed by atoms with Crippen LogP contribution < -0.4 is 19.1 Å². The Morgan fingerprint density at radius 1 is 1.18 bits per heavy atom. The fourth-order valence-corrected chi connectivity index (χ4v) is 4.06. The molecule has 0 saturated heterocycles. The molecule has 3 rings (SSSR count). The number of benzene rings is 2. The smallest absolute Gasteiger partial charge is 0.197 e. The number of hydrogen-bond acceptors (Lipinski definition) is 6. The van der Waals surface area contributed by atoms with Gasteiger partial charge in [0, 0.05) is 31.8 Å². The van der Waals surface area contributed by atoms with Crippen LogP contribution in [0, 0.1) is 11.2 Å². The van der Waals surface area contributed by atoms with Gasteiger partial charge in [0.05, 0.1) is 38.1 Å². The van der Waals surface area contributed by atoms with Crippen LogP contribution in [0.25, 0.3) is 5.57 Å². The average molecular weight is 470 g/mol. The zero-order valence-electron chi connectivity index (χ0n) is 20.7. The number of fused-ring (bicyclic) bond motifs is 1. The standard InChI is InChI=1S/C26H32FN3O4/c1-8-33-21-12-17-13-30(26(28)22(17)23(27)25(21)34-9-2)14-20(31)16-10-18(15(3)4)24(32-7)19(11-16)29(5)6/h10-12,28H,3,8-9,13-14H2,1-2,4-7H3. The number of amidine groups is 1. The molecule has 34 heavy (non-hydrogen) atoms. The quantitative estimate of drug-likeness (QED) is 0.506. The molecule has 0 fully saturated rings. The van der Waals surface area contributed by atoms with E-state index in [4.69, 9.17) is 19.6 Å². The number of rotatable bonds is 10. The molecule has 8 heteroatoms.